The summed E-state index contributed by atoms with van der Waals surface area (Å²) in [6.07, 6.45) is 0. The van der Waals surface area contributed by atoms with Gasteiger partial charge in [0.2, 0.25) is 11.7 Å². The summed E-state index contributed by atoms with van der Waals surface area (Å²) in [5.41, 5.74) is 0.766. The van der Waals surface area contributed by atoms with E-state index < -0.39 is 10.0 Å². The van der Waals surface area contributed by atoms with Crippen molar-refractivity contribution in [3.05, 3.63) is 48.4 Å². The van der Waals surface area contributed by atoms with E-state index in [0.29, 0.717) is 35.2 Å². The Morgan fingerprint density at radius 3 is 2.59 bits per heavy atom. The minimum absolute atomic E-state index is 0.0343. The Bertz CT molecular complexity index is 1050. The minimum Gasteiger partial charge on any atom is -0.496 e. The molecule has 8 nitrogen and oxygen atoms in total. The van der Waals surface area contributed by atoms with Crippen LogP contribution in [0.2, 0.25) is 0 Å². The number of aryl methyl sites for hydroxylation is 1. The highest BCUT2D eigenvalue weighted by Gasteiger charge is 2.21. The van der Waals surface area contributed by atoms with Gasteiger partial charge >= 0.3 is 0 Å². The molecule has 1 N–H and O–H groups in total. The lowest BCUT2D eigenvalue weighted by molar-refractivity contribution is 0.342. The molecule has 142 valence electrons. The van der Waals surface area contributed by atoms with Crippen molar-refractivity contribution in [3.63, 3.8) is 0 Å². The molecular weight excluding hydrogens is 370 g/mol. The summed E-state index contributed by atoms with van der Waals surface area (Å²) in [6, 6.07) is 11.3. The highest BCUT2D eigenvalue weighted by molar-refractivity contribution is 7.92. The van der Waals surface area contributed by atoms with Gasteiger partial charge in [0.25, 0.3) is 10.0 Å². The standard InChI is InChI=1S/C18H19N3O5S/c1-4-25-17-8-6-5-7-15(17)21-27(22,23)13-9-10-16(24-3)14(11-13)18-19-12(2)26-20-18/h5-11,21H,4H2,1-3H3. The van der Waals surface area contributed by atoms with Crippen LogP contribution < -0.4 is 14.2 Å². The predicted molar refractivity (Wildman–Crippen MR) is 99.4 cm³/mol. The van der Waals surface area contributed by atoms with Gasteiger partial charge in [-0.05, 0) is 37.3 Å². The van der Waals surface area contributed by atoms with Crippen LogP contribution in [-0.2, 0) is 10.0 Å². The van der Waals surface area contributed by atoms with Gasteiger partial charge in [0.05, 0.1) is 29.9 Å². The Kier molecular flexibility index (Phi) is 5.31. The first-order chi connectivity index (χ1) is 12.9. The second-order valence-electron chi connectivity index (χ2n) is 5.53. The van der Waals surface area contributed by atoms with Gasteiger partial charge < -0.3 is 14.0 Å². The number of nitrogens with one attached hydrogen (secondary N) is 1. The van der Waals surface area contributed by atoms with E-state index in [-0.39, 0.29) is 10.7 Å². The molecule has 0 unspecified atom stereocenters. The summed E-state index contributed by atoms with van der Waals surface area (Å²) in [6.45, 7) is 3.90. The van der Waals surface area contributed by atoms with E-state index in [1.807, 2.05) is 6.92 Å². The van der Waals surface area contributed by atoms with Gasteiger partial charge in [0, 0.05) is 6.92 Å². The molecule has 0 atom stereocenters. The average Bonchev–Trinajstić information content (AvgIpc) is 3.09. The molecule has 9 heteroatoms. The zero-order valence-corrected chi connectivity index (χ0v) is 15.9. The second kappa shape index (κ2) is 7.67. The van der Waals surface area contributed by atoms with Crippen molar-refractivity contribution in [2.75, 3.05) is 18.4 Å². The van der Waals surface area contributed by atoms with Crippen molar-refractivity contribution in [3.8, 4) is 22.9 Å². The Hall–Kier alpha value is -3.07. The molecule has 0 spiro atoms. The normalized spacial score (nSPS) is 11.2. The quantitative estimate of drug-likeness (QED) is 0.661. The first-order valence-electron chi connectivity index (χ1n) is 8.18. The predicted octanol–water partition coefficient (Wildman–Crippen LogP) is 3.25. The lowest BCUT2D eigenvalue weighted by Gasteiger charge is -2.14. The molecule has 1 heterocycles. The first-order valence-corrected chi connectivity index (χ1v) is 9.66. The van der Waals surface area contributed by atoms with Crippen molar-refractivity contribution in [1.82, 2.24) is 10.1 Å². The maximum absolute atomic E-state index is 12.9. The molecule has 0 fully saturated rings. The smallest absolute Gasteiger partial charge is 0.262 e. The Labute approximate surface area is 157 Å². The van der Waals surface area contributed by atoms with E-state index in [2.05, 4.69) is 14.9 Å². The Balaban J connectivity index is 2.00. The van der Waals surface area contributed by atoms with E-state index in [0.717, 1.165) is 0 Å². The van der Waals surface area contributed by atoms with Crippen molar-refractivity contribution in [1.29, 1.82) is 0 Å². The van der Waals surface area contributed by atoms with E-state index in [1.165, 1.54) is 19.2 Å². The van der Waals surface area contributed by atoms with Crippen LogP contribution in [0.15, 0.2) is 51.9 Å². The number of para-hydroxylation sites is 2. The number of aromatic nitrogens is 2. The van der Waals surface area contributed by atoms with E-state index >= 15 is 0 Å². The number of nitrogens with zero attached hydrogens (tertiary/aromatic N) is 2. The Morgan fingerprint density at radius 2 is 1.93 bits per heavy atom. The second-order valence-corrected chi connectivity index (χ2v) is 7.22. The summed E-state index contributed by atoms with van der Waals surface area (Å²) in [4.78, 5) is 4.18. The number of anilines is 1. The minimum atomic E-state index is -3.87. The molecule has 0 amide bonds. The lowest BCUT2D eigenvalue weighted by Crippen LogP contribution is -2.14. The van der Waals surface area contributed by atoms with Gasteiger partial charge in [0.1, 0.15) is 11.5 Å². The van der Waals surface area contributed by atoms with Crippen molar-refractivity contribution >= 4 is 15.7 Å². The largest absolute Gasteiger partial charge is 0.496 e. The molecule has 0 aliphatic heterocycles. The first kappa shape index (κ1) is 18.7. The lowest BCUT2D eigenvalue weighted by atomic mass is 10.2. The van der Waals surface area contributed by atoms with Gasteiger partial charge in [-0.15, -0.1) is 0 Å². The number of methoxy groups -OCH3 is 1. The fraction of sp³-hybridized carbons (Fsp3) is 0.222. The van der Waals surface area contributed by atoms with Crippen LogP contribution >= 0.6 is 0 Å². The number of sulfonamides is 1. The highest BCUT2D eigenvalue weighted by atomic mass is 32.2. The maximum atomic E-state index is 12.9. The number of ether oxygens (including phenoxy) is 2. The molecule has 2 aromatic carbocycles. The zero-order valence-electron chi connectivity index (χ0n) is 15.1. The summed E-state index contributed by atoms with van der Waals surface area (Å²) in [7, 11) is -2.39. The molecule has 0 saturated carbocycles. The summed E-state index contributed by atoms with van der Waals surface area (Å²) >= 11 is 0. The molecule has 3 aromatic rings. The third-order valence-corrected chi connectivity index (χ3v) is 5.04. The Morgan fingerprint density at radius 1 is 1.15 bits per heavy atom. The third kappa shape index (κ3) is 4.03. The van der Waals surface area contributed by atoms with Crippen molar-refractivity contribution < 1.29 is 22.4 Å². The summed E-state index contributed by atoms with van der Waals surface area (Å²) in [5, 5.41) is 3.84. The molecule has 1 aromatic heterocycles. The van der Waals surface area contributed by atoms with Gasteiger partial charge in [-0.3, -0.25) is 4.72 Å². The maximum Gasteiger partial charge on any atom is 0.262 e. The van der Waals surface area contributed by atoms with Gasteiger partial charge in [-0.1, -0.05) is 17.3 Å². The van der Waals surface area contributed by atoms with Crippen LogP contribution in [0.4, 0.5) is 5.69 Å². The van der Waals surface area contributed by atoms with Gasteiger partial charge in [0.15, 0.2) is 0 Å². The number of hydrogen-bond donors (Lipinski definition) is 1. The van der Waals surface area contributed by atoms with E-state index in [4.69, 9.17) is 14.0 Å². The SMILES string of the molecule is CCOc1ccccc1NS(=O)(=O)c1ccc(OC)c(-c2noc(C)n2)c1. The average molecular weight is 389 g/mol. The number of hydrogen-bond acceptors (Lipinski definition) is 7. The number of rotatable bonds is 7. The van der Waals surface area contributed by atoms with Crippen LogP contribution in [0.5, 0.6) is 11.5 Å². The van der Waals surface area contributed by atoms with E-state index in [1.54, 1.807) is 37.3 Å². The molecule has 0 saturated heterocycles. The van der Waals surface area contributed by atoms with Gasteiger partial charge in [-0.25, -0.2) is 8.42 Å². The fourth-order valence-electron chi connectivity index (χ4n) is 2.47. The van der Waals surface area contributed by atoms with Crippen LogP contribution in [0.1, 0.15) is 12.8 Å². The molecule has 3 rings (SSSR count). The van der Waals surface area contributed by atoms with Crippen LogP contribution in [0.3, 0.4) is 0 Å². The summed E-state index contributed by atoms with van der Waals surface area (Å²) in [5.74, 6) is 1.50. The molecule has 0 aliphatic rings. The molecular formula is C18H19N3O5S. The third-order valence-electron chi connectivity index (χ3n) is 3.68. The van der Waals surface area contributed by atoms with Crippen molar-refractivity contribution in [2.24, 2.45) is 0 Å². The zero-order chi connectivity index (χ0) is 19.4. The molecule has 0 aliphatic carbocycles. The van der Waals surface area contributed by atoms with Crippen molar-refractivity contribution in [2.45, 2.75) is 18.7 Å². The summed E-state index contributed by atoms with van der Waals surface area (Å²) < 4.78 is 44.0. The highest BCUT2D eigenvalue weighted by Crippen LogP contribution is 2.32. The molecule has 27 heavy (non-hydrogen) atoms. The topological polar surface area (TPSA) is 104 Å². The van der Waals surface area contributed by atoms with Crippen LogP contribution in [0.25, 0.3) is 11.4 Å². The molecule has 0 bridgehead atoms. The molecule has 0 radical (unpaired) electrons. The number of benzene rings is 2. The van der Waals surface area contributed by atoms with Gasteiger partial charge in [-0.2, -0.15) is 4.98 Å². The fourth-order valence-corrected chi connectivity index (χ4v) is 3.57. The van der Waals surface area contributed by atoms with Crippen LogP contribution in [-0.4, -0.2) is 32.3 Å². The van der Waals surface area contributed by atoms with E-state index in [9.17, 15) is 8.42 Å². The monoisotopic (exact) mass is 389 g/mol. The van der Waals surface area contributed by atoms with Crippen LogP contribution in [0, 0.1) is 6.92 Å².